The van der Waals surface area contributed by atoms with Gasteiger partial charge in [0.25, 0.3) is 0 Å². The first-order chi connectivity index (χ1) is 14.8. The molecule has 1 N–H and O–H groups in total. The van der Waals surface area contributed by atoms with Gasteiger partial charge in [-0.1, -0.05) is 6.92 Å². The van der Waals surface area contributed by atoms with Crippen LogP contribution < -0.4 is 10.2 Å². The van der Waals surface area contributed by atoms with E-state index < -0.39 is 11.0 Å². The Morgan fingerprint density at radius 3 is 2.39 bits per heavy atom. The summed E-state index contributed by atoms with van der Waals surface area (Å²) in [6.45, 7) is 4.07. The summed E-state index contributed by atoms with van der Waals surface area (Å²) in [5, 5.41) is 8.01. The van der Waals surface area contributed by atoms with Crippen LogP contribution in [0.25, 0.3) is 5.65 Å². The van der Waals surface area contributed by atoms with Gasteiger partial charge in [-0.15, -0.1) is 0 Å². The minimum Gasteiger partial charge on any atom is -0.359 e. The number of fused-ring (bicyclic) bond motifs is 1. The summed E-state index contributed by atoms with van der Waals surface area (Å²) in [7, 11) is 8.70. The maximum absolute atomic E-state index is 12.3. The van der Waals surface area contributed by atoms with Crippen LogP contribution in [-0.2, 0) is 17.4 Å². The SMILES string of the molecule is CCc1cnn2c(Nc3ccc(S(=O)N(C)C)cc3)cc(N(C)CCCN(C)C)nc12. The maximum Gasteiger partial charge on any atom is 0.162 e. The summed E-state index contributed by atoms with van der Waals surface area (Å²) in [5.74, 6) is 1.76. The van der Waals surface area contributed by atoms with Crippen molar-refractivity contribution in [1.82, 2.24) is 23.8 Å². The molecule has 2 heterocycles. The highest BCUT2D eigenvalue weighted by Gasteiger charge is 2.14. The summed E-state index contributed by atoms with van der Waals surface area (Å²) in [4.78, 5) is 10.0. The van der Waals surface area contributed by atoms with E-state index in [9.17, 15) is 4.21 Å². The number of nitrogens with one attached hydrogen (secondary N) is 1. The van der Waals surface area contributed by atoms with E-state index in [0.717, 1.165) is 59.4 Å². The van der Waals surface area contributed by atoms with Crippen LogP contribution >= 0.6 is 0 Å². The highest BCUT2D eigenvalue weighted by atomic mass is 32.2. The Balaban J connectivity index is 1.90. The summed E-state index contributed by atoms with van der Waals surface area (Å²) in [6.07, 6.45) is 3.81. The largest absolute Gasteiger partial charge is 0.359 e. The molecule has 0 amide bonds. The van der Waals surface area contributed by atoms with Crippen LogP contribution in [0.2, 0.25) is 0 Å². The van der Waals surface area contributed by atoms with Gasteiger partial charge in [0.15, 0.2) is 5.65 Å². The number of nitrogens with zero attached hydrogens (tertiary/aromatic N) is 6. The van der Waals surface area contributed by atoms with Gasteiger partial charge in [0.05, 0.1) is 11.1 Å². The standard InChI is InChI=1S/C22H33N7OS/c1-7-17-16-23-29-21(24-18-9-11-19(12-10-18)31(30)27(4)5)15-20(25-22(17)29)28(6)14-8-13-26(2)3/h9-12,15-16,24H,7-8,13-14H2,1-6H3. The van der Waals surface area contributed by atoms with Gasteiger partial charge in [-0.25, -0.2) is 13.5 Å². The second-order valence-corrected chi connectivity index (χ2v) is 9.75. The van der Waals surface area contributed by atoms with Crippen LogP contribution in [0, 0.1) is 0 Å². The highest BCUT2D eigenvalue weighted by Crippen LogP contribution is 2.25. The molecule has 0 bridgehead atoms. The predicted molar refractivity (Wildman–Crippen MR) is 129 cm³/mol. The van der Waals surface area contributed by atoms with Crippen LogP contribution in [-0.4, -0.2) is 76.3 Å². The van der Waals surface area contributed by atoms with E-state index >= 15 is 0 Å². The predicted octanol–water partition coefficient (Wildman–Crippen LogP) is 3.01. The summed E-state index contributed by atoms with van der Waals surface area (Å²) < 4.78 is 15.8. The molecule has 9 heteroatoms. The molecule has 8 nitrogen and oxygen atoms in total. The Morgan fingerprint density at radius 1 is 1.06 bits per heavy atom. The zero-order valence-electron chi connectivity index (χ0n) is 19.3. The van der Waals surface area contributed by atoms with Crippen molar-refractivity contribution in [3.63, 3.8) is 0 Å². The summed E-state index contributed by atoms with van der Waals surface area (Å²) >= 11 is 0. The number of hydrogen-bond acceptors (Lipinski definition) is 6. The normalized spacial score (nSPS) is 12.6. The van der Waals surface area contributed by atoms with Gasteiger partial charge in [-0.05, 0) is 71.8 Å². The molecular weight excluding hydrogens is 410 g/mol. The average Bonchev–Trinajstić information content (AvgIpc) is 3.16. The van der Waals surface area contributed by atoms with Crippen LogP contribution in [0.1, 0.15) is 18.9 Å². The Morgan fingerprint density at radius 2 is 1.77 bits per heavy atom. The first kappa shape index (κ1) is 23.2. The lowest BCUT2D eigenvalue weighted by molar-refractivity contribution is 0.401. The zero-order chi connectivity index (χ0) is 22.5. The van der Waals surface area contributed by atoms with Crippen LogP contribution in [0.3, 0.4) is 0 Å². The van der Waals surface area contributed by atoms with Crippen LogP contribution in [0.4, 0.5) is 17.3 Å². The molecule has 168 valence electrons. The van der Waals surface area contributed by atoms with E-state index in [-0.39, 0.29) is 0 Å². The molecule has 1 unspecified atom stereocenters. The van der Waals surface area contributed by atoms with E-state index in [4.69, 9.17) is 4.98 Å². The van der Waals surface area contributed by atoms with E-state index in [1.165, 1.54) is 0 Å². The van der Waals surface area contributed by atoms with E-state index in [1.807, 2.05) is 41.0 Å². The molecule has 0 aliphatic heterocycles. The average molecular weight is 444 g/mol. The first-order valence-electron chi connectivity index (χ1n) is 10.5. The highest BCUT2D eigenvalue weighted by molar-refractivity contribution is 7.82. The Bertz CT molecular complexity index is 1030. The van der Waals surface area contributed by atoms with Crippen molar-refractivity contribution in [2.24, 2.45) is 0 Å². The Hall–Kier alpha value is -2.49. The lowest BCUT2D eigenvalue weighted by Crippen LogP contribution is -2.24. The third-order valence-corrected chi connectivity index (χ3v) is 6.40. The van der Waals surface area contributed by atoms with Crippen molar-refractivity contribution < 1.29 is 4.21 Å². The fourth-order valence-electron chi connectivity index (χ4n) is 3.28. The Kier molecular flexibility index (Phi) is 7.64. The Labute approximate surface area is 187 Å². The van der Waals surface area contributed by atoms with Gasteiger partial charge in [0, 0.05) is 30.9 Å². The van der Waals surface area contributed by atoms with Gasteiger partial charge < -0.3 is 15.1 Å². The van der Waals surface area contributed by atoms with Gasteiger partial charge in [0.2, 0.25) is 0 Å². The van der Waals surface area contributed by atoms with Crippen molar-refractivity contribution in [2.75, 3.05) is 58.5 Å². The van der Waals surface area contributed by atoms with E-state index in [1.54, 1.807) is 18.4 Å². The van der Waals surface area contributed by atoms with Gasteiger partial charge >= 0.3 is 0 Å². The molecule has 0 fully saturated rings. The third-order valence-electron chi connectivity index (χ3n) is 5.06. The fraction of sp³-hybridized carbons (Fsp3) is 0.455. The van der Waals surface area contributed by atoms with Crippen molar-refractivity contribution in [2.45, 2.75) is 24.7 Å². The molecular formula is C22H33N7OS. The number of benzene rings is 1. The zero-order valence-corrected chi connectivity index (χ0v) is 20.1. The lowest BCUT2D eigenvalue weighted by atomic mass is 10.2. The monoisotopic (exact) mass is 443 g/mol. The molecule has 1 atom stereocenters. The second kappa shape index (κ2) is 10.2. The van der Waals surface area contributed by atoms with Gasteiger partial charge in [-0.2, -0.15) is 9.61 Å². The molecule has 0 saturated heterocycles. The number of hydrogen-bond donors (Lipinski definition) is 1. The second-order valence-electron chi connectivity index (χ2n) is 8.05. The maximum atomic E-state index is 12.3. The van der Waals surface area contributed by atoms with Crippen molar-refractivity contribution in [1.29, 1.82) is 0 Å². The number of aromatic nitrogens is 3. The van der Waals surface area contributed by atoms with Gasteiger partial charge in [0.1, 0.15) is 22.6 Å². The third kappa shape index (κ3) is 5.61. The molecule has 0 aliphatic carbocycles. The quantitative estimate of drug-likeness (QED) is 0.520. The van der Waals surface area contributed by atoms with E-state index in [0.29, 0.717) is 0 Å². The van der Waals surface area contributed by atoms with Crippen molar-refractivity contribution in [3.05, 3.63) is 42.1 Å². The number of aryl methyl sites for hydroxylation is 1. The first-order valence-corrected chi connectivity index (χ1v) is 11.6. The summed E-state index contributed by atoms with van der Waals surface area (Å²) in [6, 6.07) is 9.67. The number of rotatable bonds is 10. The van der Waals surface area contributed by atoms with Crippen LogP contribution in [0.15, 0.2) is 41.4 Å². The molecule has 1 aromatic carbocycles. The molecule has 3 rings (SSSR count). The molecule has 0 spiro atoms. The lowest BCUT2D eigenvalue weighted by Gasteiger charge is -2.21. The molecule has 2 aromatic heterocycles. The minimum atomic E-state index is -1.16. The molecule has 0 radical (unpaired) electrons. The summed E-state index contributed by atoms with van der Waals surface area (Å²) in [5.41, 5.74) is 2.89. The van der Waals surface area contributed by atoms with Crippen molar-refractivity contribution in [3.8, 4) is 0 Å². The molecule has 3 aromatic rings. The minimum absolute atomic E-state index is 0.768. The smallest absolute Gasteiger partial charge is 0.162 e. The van der Waals surface area contributed by atoms with Crippen molar-refractivity contribution >= 4 is 34.0 Å². The van der Waals surface area contributed by atoms with Crippen LogP contribution in [0.5, 0.6) is 0 Å². The van der Waals surface area contributed by atoms with Gasteiger partial charge in [-0.3, -0.25) is 0 Å². The number of anilines is 3. The topological polar surface area (TPSA) is 69.0 Å². The molecule has 0 aliphatic rings. The fourth-order valence-corrected chi connectivity index (χ4v) is 4.07. The molecule has 31 heavy (non-hydrogen) atoms. The molecule has 0 saturated carbocycles. The van der Waals surface area contributed by atoms with E-state index in [2.05, 4.69) is 48.3 Å².